The van der Waals surface area contributed by atoms with Crippen LogP contribution in [-0.4, -0.2) is 48.7 Å². The van der Waals surface area contributed by atoms with Crippen LogP contribution in [0.15, 0.2) is 10.5 Å². The molecule has 0 atom stereocenters. The Morgan fingerprint density at radius 2 is 2.12 bits per heavy atom. The Morgan fingerprint density at radius 3 is 2.73 bits per heavy atom. The molecule has 0 radical (unpaired) electrons. The third-order valence-corrected chi connectivity index (χ3v) is 5.38. The lowest BCUT2D eigenvalue weighted by molar-refractivity contribution is -0.121. The van der Waals surface area contributed by atoms with E-state index in [4.69, 9.17) is 21.1 Å². The first-order chi connectivity index (χ1) is 12.1. The molecule has 0 aromatic heterocycles. The highest BCUT2D eigenvalue weighted by atomic mass is 79.9. The van der Waals surface area contributed by atoms with Gasteiger partial charge in [0.2, 0.25) is 0 Å². The lowest BCUT2D eigenvalue weighted by atomic mass is 9.99. The van der Waals surface area contributed by atoms with Crippen LogP contribution in [0.3, 0.4) is 0 Å². The molecule has 0 spiro atoms. The van der Waals surface area contributed by atoms with Crippen molar-refractivity contribution in [2.75, 3.05) is 31.1 Å². The number of nitrogens with zero attached hydrogens (tertiary/aromatic N) is 2. The molecule has 2 aliphatic rings. The highest BCUT2D eigenvalue weighted by Gasteiger charge is 2.38. The quantitative estimate of drug-likeness (QED) is 0.644. The zero-order valence-electron chi connectivity index (χ0n) is 14.6. The van der Waals surface area contributed by atoms with Gasteiger partial charge in [0.15, 0.2) is 18.2 Å². The van der Waals surface area contributed by atoms with Gasteiger partial charge in [-0.25, -0.2) is 9.18 Å². The zero-order valence-corrected chi connectivity index (χ0v) is 17.0. The van der Waals surface area contributed by atoms with Gasteiger partial charge >= 0.3 is 6.09 Å². The molecule has 1 saturated heterocycles. The van der Waals surface area contributed by atoms with E-state index in [1.165, 1.54) is 11.0 Å². The predicted molar refractivity (Wildman–Crippen MR) is 98.3 cm³/mol. The van der Waals surface area contributed by atoms with Crippen molar-refractivity contribution in [2.45, 2.75) is 26.4 Å². The monoisotopic (exact) mass is 448 g/mol. The molecule has 142 valence electrons. The molecule has 1 aromatic carbocycles. The second-order valence-corrected chi connectivity index (χ2v) is 8.58. The fraction of sp³-hybridized carbons (Fsp3) is 0.529. The van der Waals surface area contributed by atoms with E-state index >= 15 is 0 Å². The third kappa shape index (κ3) is 3.76. The van der Waals surface area contributed by atoms with E-state index in [-0.39, 0.29) is 39.8 Å². The van der Waals surface area contributed by atoms with Gasteiger partial charge in [-0.1, -0.05) is 11.6 Å². The summed E-state index contributed by atoms with van der Waals surface area (Å²) in [5.74, 6) is -0.827. The van der Waals surface area contributed by atoms with E-state index in [1.807, 2.05) is 20.8 Å². The highest BCUT2D eigenvalue weighted by molar-refractivity contribution is 9.10. The molecule has 0 unspecified atom stereocenters. The molecule has 1 fully saturated rings. The third-order valence-electron chi connectivity index (χ3n) is 4.08. The van der Waals surface area contributed by atoms with Crippen LogP contribution in [0.4, 0.5) is 14.9 Å². The van der Waals surface area contributed by atoms with Gasteiger partial charge in [0.05, 0.1) is 15.2 Å². The fourth-order valence-electron chi connectivity index (χ4n) is 2.87. The molecule has 2 aliphatic heterocycles. The van der Waals surface area contributed by atoms with E-state index < -0.39 is 11.4 Å². The number of amides is 2. The molecule has 1 aromatic rings. The number of anilines is 1. The molecule has 0 N–H and O–H groups in total. The van der Waals surface area contributed by atoms with Crippen molar-refractivity contribution >= 4 is 45.2 Å². The predicted octanol–water partition coefficient (Wildman–Crippen LogP) is 3.83. The van der Waals surface area contributed by atoms with Crippen molar-refractivity contribution in [1.29, 1.82) is 0 Å². The molecule has 3 rings (SSSR count). The Bertz CT molecular complexity index is 762. The van der Waals surface area contributed by atoms with Crippen molar-refractivity contribution in [1.82, 2.24) is 4.90 Å². The van der Waals surface area contributed by atoms with E-state index in [0.717, 1.165) is 0 Å². The Balaban J connectivity index is 1.69. The molecule has 26 heavy (non-hydrogen) atoms. The summed E-state index contributed by atoms with van der Waals surface area (Å²) in [5.41, 5.74) is -0.245. The molecule has 6 nitrogen and oxygen atoms in total. The minimum absolute atomic E-state index is 0.00389. The first kappa shape index (κ1) is 19.2. The Kier molecular flexibility index (Phi) is 5.09. The summed E-state index contributed by atoms with van der Waals surface area (Å²) in [6, 6.07) is 1.51. The lowest BCUT2D eigenvalue weighted by Gasteiger charge is -2.42. The summed E-state index contributed by atoms with van der Waals surface area (Å²) in [5, 5.41) is 0.161. The number of halogens is 3. The lowest BCUT2D eigenvalue weighted by Crippen LogP contribution is -2.56. The van der Waals surface area contributed by atoms with Crippen LogP contribution >= 0.6 is 27.5 Å². The number of likely N-dealkylation sites (tertiary alicyclic amines) is 1. The number of hydrogen-bond acceptors (Lipinski definition) is 4. The van der Waals surface area contributed by atoms with Crippen molar-refractivity contribution in [3.05, 3.63) is 21.4 Å². The number of rotatable bonds is 2. The molecule has 0 saturated carbocycles. The molecular weight excluding hydrogens is 431 g/mol. The van der Waals surface area contributed by atoms with Crippen molar-refractivity contribution in [2.24, 2.45) is 5.92 Å². The summed E-state index contributed by atoms with van der Waals surface area (Å²) in [6.07, 6.45) is -0.375. The summed E-state index contributed by atoms with van der Waals surface area (Å²) in [6.45, 7) is 6.49. The highest BCUT2D eigenvalue weighted by Crippen LogP contribution is 2.42. The van der Waals surface area contributed by atoms with Crippen molar-refractivity contribution in [3.8, 4) is 5.75 Å². The minimum atomic E-state index is -0.631. The largest absolute Gasteiger partial charge is 0.478 e. The van der Waals surface area contributed by atoms with E-state index in [2.05, 4.69) is 15.9 Å². The van der Waals surface area contributed by atoms with Crippen molar-refractivity contribution < 1.29 is 23.5 Å². The minimum Gasteiger partial charge on any atom is -0.478 e. The van der Waals surface area contributed by atoms with Gasteiger partial charge in [-0.2, -0.15) is 0 Å². The normalized spacial score (nSPS) is 17.5. The standard InChI is InChI=1S/C17H19BrClFN2O4/c1-17(2,3)26-16(24)21-5-9(6-21)7-22-11-4-10(19)13(18)14(20)15(11)25-8-12(22)23/h4,9H,5-8H2,1-3H3. The summed E-state index contributed by atoms with van der Waals surface area (Å²) < 4.78 is 25.0. The summed E-state index contributed by atoms with van der Waals surface area (Å²) >= 11 is 9.09. The molecular formula is C17H19BrClFN2O4. The summed E-state index contributed by atoms with van der Waals surface area (Å²) in [7, 11) is 0. The Hall–Kier alpha value is -1.54. The van der Waals surface area contributed by atoms with Crippen LogP contribution in [0.2, 0.25) is 5.02 Å². The van der Waals surface area contributed by atoms with Gasteiger partial charge in [-0.3, -0.25) is 4.79 Å². The first-order valence-electron chi connectivity index (χ1n) is 8.15. The maximum atomic E-state index is 14.3. The van der Waals surface area contributed by atoms with Gasteiger partial charge in [-0.15, -0.1) is 0 Å². The van der Waals surface area contributed by atoms with Crippen molar-refractivity contribution in [3.63, 3.8) is 0 Å². The van der Waals surface area contributed by atoms with E-state index in [1.54, 1.807) is 4.90 Å². The number of fused-ring (bicyclic) bond motifs is 1. The van der Waals surface area contributed by atoms with Gasteiger partial charge in [-0.05, 0) is 42.8 Å². The van der Waals surface area contributed by atoms with Gasteiger partial charge in [0, 0.05) is 25.6 Å². The molecule has 9 heteroatoms. The van der Waals surface area contributed by atoms with E-state index in [0.29, 0.717) is 25.3 Å². The van der Waals surface area contributed by atoms with Gasteiger partial charge in [0.25, 0.3) is 5.91 Å². The van der Waals surface area contributed by atoms with Crippen LogP contribution in [-0.2, 0) is 9.53 Å². The van der Waals surface area contributed by atoms with Crippen LogP contribution in [0.1, 0.15) is 20.8 Å². The number of carbonyl (C=O) groups excluding carboxylic acids is 2. The fourth-order valence-corrected chi connectivity index (χ4v) is 3.35. The maximum Gasteiger partial charge on any atom is 0.410 e. The van der Waals surface area contributed by atoms with Gasteiger partial charge < -0.3 is 19.3 Å². The average molecular weight is 450 g/mol. The molecule has 0 aliphatic carbocycles. The molecule has 2 heterocycles. The Labute approximate surface area is 164 Å². The smallest absolute Gasteiger partial charge is 0.410 e. The number of hydrogen-bond donors (Lipinski definition) is 0. The van der Waals surface area contributed by atoms with Crippen LogP contribution in [0.25, 0.3) is 0 Å². The number of ether oxygens (including phenoxy) is 2. The van der Waals surface area contributed by atoms with Gasteiger partial charge in [0.1, 0.15) is 5.60 Å². The topological polar surface area (TPSA) is 59.1 Å². The Morgan fingerprint density at radius 1 is 1.46 bits per heavy atom. The first-order valence-corrected chi connectivity index (χ1v) is 9.32. The van der Waals surface area contributed by atoms with Crippen LogP contribution in [0.5, 0.6) is 5.75 Å². The summed E-state index contributed by atoms with van der Waals surface area (Å²) in [4.78, 5) is 27.3. The number of carbonyl (C=O) groups is 2. The molecule has 2 amide bonds. The SMILES string of the molecule is CC(C)(C)OC(=O)N1CC(CN2C(=O)COc3c2cc(Cl)c(Br)c3F)C1. The van der Waals surface area contributed by atoms with E-state index in [9.17, 15) is 14.0 Å². The number of benzene rings is 1. The van der Waals surface area contributed by atoms with Crippen LogP contribution < -0.4 is 9.64 Å². The molecule has 0 bridgehead atoms. The zero-order chi connectivity index (χ0) is 19.2. The second-order valence-electron chi connectivity index (χ2n) is 7.38. The maximum absolute atomic E-state index is 14.3. The second kappa shape index (κ2) is 6.88. The van der Waals surface area contributed by atoms with Crippen LogP contribution in [0, 0.1) is 11.7 Å². The average Bonchev–Trinajstić information content (AvgIpc) is 2.48.